The molecule has 1 N–H and O–H groups in total. The third-order valence-electron chi connectivity index (χ3n) is 1.30. The van der Waals surface area contributed by atoms with Gasteiger partial charge >= 0.3 is 5.97 Å². The van der Waals surface area contributed by atoms with Crippen LogP contribution in [0, 0.1) is 0 Å². The molecule has 0 fully saturated rings. The maximum absolute atomic E-state index is 10.4. The predicted molar refractivity (Wildman–Crippen MR) is 42.4 cm³/mol. The summed E-state index contributed by atoms with van der Waals surface area (Å²) in [6, 6.07) is 0. The molecule has 66 valence electrons. The van der Waals surface area contributed by atoms with E-state index >= 15 is 0 Å². The number of aromatic nitrogens is 3. The Bertz CT molecular complexity index is 422. The third kappa shape index (κ3) is 1.41. The zero-order chi connectivity index (χ0) is 9.26. The summed E-state index contributed by atoms with van der Waals surface area (Å²) in [5, 5.41) is 13.5. The molecule has 2 aromatic rings. The van der Waals surface area contributed by atoms with Crippen molar-refractivity contribution >= 4 is 17.5 Å². The predicted octanol–water partition coefficient (Wildman–Crippen LogP) is 0.891. The Morgan fingerprint density at radius 2 is 2.46 bits per heavy atom. The van der Waals surface area contributed by atoms with Gasteiger partial charge in [-0.05, 0) is 16.7 Å². The van der Waals surface area contributed by atoms with Gasteiger partial charge in [0.2, 0.25) is 0 Å². The molecule has 0 atom stereocenters. The molecule has 0 aliphatic carbocycles. The summed E-state index contributed by atoms with van der Waals surface area (Å²) in [5.41, 5.74) is 0.630. The van der Waals surface area contributed by atoms with E-state index in [1.807, 2.05) is 0 Å². The average Bonchev–Trinajstić information content (AvgIpc) is 2.75. The maximum Gasteiger partial charge on any atom is 0.377 e. The van der Waals surface area contributed by atoms with Crippen molar-refractivity contribution in [1.29, 1.82) is 0 Å². The van der Waals surface area contributed by atoms with Crippen molar-refractivity contribution in [2.75, 3.05) is 0 Å². The molecule has 7 heteroatoms. The van der Waals surface area contributed by atoms with E-state index in [2.05, 4.69) is 14.5 Å². The second-order valence-electron chi connectivity index (χ2n) is 2.14. The highest BCUT2D eigenvalue weighted by atomic mass is 32.1. The van der Waals surface area contributed by atoms with Gasteiger partial charge < -0.3 is 9.63 Å². The van der Waals surface area contributed by atoms with E-state index in [1.54, 1.807) is 5.38 Å². The Labute approximate surface area is 76.0 Å². The van der Waals surface area contributed by atoms with Crippen LogP contribution < -0.4 is 0 Å². The molecule has 13 heavy (non-hydrogen) atoms. The van der Waals surface area contributed by atoms with Crippen LogP contribution in [0.15, 0.2) is 16.1 Å². The quantitative estimate of drug-likeness (QED) is 0.768. The second-order valence-corrected chi connectivity index (χ2v) is 2.80. The molecule has 2 aromatic heterocycles. The lowest BCUT2D eigenvalue weighted by Crippen LogP contribution is -1.98. The monoisotopic (exact) mass is 197 g/mol. The normalized spacial score (nSPS) is 10.2. The number of nitrogens with zero attached hydrogens (tertiary/aromatic N) is 3. The van der Waals surface area contributed by atoms with E-state index in [-0.39, 0.29) is 11.7 Å². The standard InChI is InChI=1S/C6H3N3O3S/c10-6(11)4-8-5(12-9-4)3-1-7-13-2-3/h1-2H,(H,10,11). The maximum atomic E-state index is 10.4. The minimum Gasteiger partial charge on any atom is -0.475 e. The van der Waals surface area contributed by atoms with Gasteiger partial charge in [0.15, 0.2) is 0 Å². The highest BCUT2D eigenvalue weighted by Gasteiger charge is 2.14. The van der Waals surface area contributed by atoms with E-state index < -0.39 is 5.97 Å². The zero-order valence-corrected chi connectivity index (χ0v) is 6.98. The van der Waals surface area contributed by atoms with Gasteiger partial charge in [-0.2, -0.15) is 4.98 Å². The van der Waals surface area contributed by atoms with E-state index in [1.165, 1.54) is 17.7 Å². The first-order valence-corrected chi connectivity index (χ1v) is 4.08. The van der Waals surface area contributed by atoms with Gasteiger partial charge in [0.1, 0.15) is 0 Å². The minimum atomic E-state index is -1.21. The van der Waals surface area contributed by atoms with E-state index in [0.717, 1.165) is 0 Å². The molecular formula is C6H3N3O3S. The van der Waals surface area contributed by atoms with Crippen LogP contribution in [-0.4, -0.2) is 25.6 Å². The molecule has 0 aliphatic heterocycles. The minimum absolute atomic E-state index is 0.172. The summed E-state index contributed by atoms with van der Waals surface area (Å²) < 4.78 is 8.51. The van der Waals surface area contributed by atoms with Crippen LogP contribution in [0.25, 0.3) is 11.5 Å². The molecule has 2 heterocycles. The molecule has 0 saturated carbocycles. The first-order valence-electron chi connectivity index (χ1n) is 3.24. The summed E-state index contributed by atoms with van der Waals surface area (Å²) >= 11 is 1.23. The third-order valence-corrected chi connectivity index (χ3v) is 1.88. The van der Waals surface area contributed by atoms with Crippen molar-refractivity contribution in [3.63, 3.8) is 0 Å². The highest BCUT2D eigenvalue weighted by molar-refractivity contribution is 7.03. The Balaban J connectivity index is 2.39. The van der Waals surface area contributed by atoms with Gasteiger partial charge in [0.25, 0.3) is 11.7 Å². The van der Waals surface area contributed by atoms with Crippen molar-refractivity contribution in [2.45, 2.75) is 0 Å². The fraction of sp³-hybridized carbons (Fsp3) is 0. The van der Waals surface area contributed by atoms with Gasteiger partial charge in [0.05, 0.1) is 11.8 Å². The molecule has 0 radical (unpaired) electrons. The molecule has 6 nitrogen and oxygen atoms in total. The van der Waals surface area contributed by atoms with Gasteiger partial charge in [0, 0.05) is 5.38 Å². The first-order chi connectivity index (χ1) is 6.27. The summed E-state index contributed by atoms with van der Waals surface area (Å²) in [6.07, 6.45) is 1.53. The summed E-state index contributed by atoms with van der Waals surface area (Å²) in [4.78, 5) is 14.0. The van der Waals surface area contributed by atoms with Gasteiger partial charge in [-0.15, -0.1) is 0 Å². The lowest BCUT2D eigenvalue weighted by molar-refractivity contribution is 0.0680. The molecule has 0 saturated heterocycles. The van der Waals surface area contributed by atoms with E-state index in [0.29, 0.717) is 5.56 Å². The number of carboxylic acids is 1. The first kappa shape index (κ1) is 7.87. The van der Waals surface area contributed by atoms with Crippen LogP contribution in [0.4, 0.5) is 0 Å². The van der Waals surface area contributed by atoms with Crippen LogP contribution >= 0.6 is 11.5 Å². The van der Waals surface area contributed by atoms with Gasteiger partial charge in [-0.1, -0.05) is 0 Å². The Kier molecular flexibility index (Phi) is 1.78. The smallest absolute Gasteiger partial charge is 0.377 e. The topological polar surface area (TPSA) is 89.1 Å². The van der Waals surface area contributed by atoms with E-state index in [9.17, 15) is 4.79 Å². The van der Waals surface area contributed by atoms with Gasteiger partial charge in [-0.25, -0.2) is 9.17 Å². The molecule has 0 bridgehead atoms. The Morgan fingerprint density at radius 3 is 3.00 bits per heavy atom. The lowest BCUT2D eigenvalue weighted by atomic mass is 10.4. The van der Waals surface area contributed by atoms with Crippen molar-refractivity contribution < 1.29 is 14.4 Å². The molecule has 0 aliphatic rings. The van der Waals surface area contributed by atoms with E-state index in [4.69, 9.17) is 9.63 Å². The van der Waals surface area contributed by atoms with Crippen molar-refractivity contribution in [1.82, 2.24) is 14.5 Å². The zero-order valence-electron chi connectivity index (χ0n) is 6.17. The lowest BCUT2D eigenvalue weighted by Gasteiger charge is -1.80. The molecule has 2 rings (SSSR count). The van der Waals surface area contributed by atoms with Crippen LogP contribution in [0.2, 0.25) is 0 Å². The molecule has 0 aromatic carbocycles. The molecular weight excluding hydrogens is 194 g/mol. The summed E-state index contributed by atoms with van der Waals surface area (Å²) in [5.74, 6) is -1.38. The largest absolute Gasteiger partial charge is 0.475 e. The van der Waals surface area contributed by atoms with Gasteiger partial charge in [-0.3, -0.25) is 0 Å². The van der Waals surface area contributed by atoms with Crippen molar-refractivity contribution in [3.05, 3.63) is 17.4 Å². The van der Waals surface area contributed by atoms with Crippen LogP contribution in [0.1, 0.15) is 10.6 Å². The molecule has 0 unspecified atom stereocenters. The van der Waals surface area contributed by atoms with Crippen LogP contribution in [0.3, 0.4) is 0 Å². The summed E-state index contributed by atoms with van der Waals surface area (Å²) in [7, 11) is 0. The average molecular weight is 197 g/mol. The van der Waals surface area contributed by atoms with Crippen molar-refractivity contribution in [3.8, 4) is 11.5 Å². The fourth-order valence-electron chi connectivity index (χ4n) is 0.738. The number of carbonyl (C=O) groups is 1. The van der Waals surface area contributed by atoms with Crippen LogP contribution in [0.5, 0.6) is 0 Å². The molecule has 0 spiro atoms. The Morgan fingerprint density at radius 1 is 1.62 bits per heavy atom. The summed E-state index contributed by atoms with van der Waals surface area (Å²) in [6.45, 7) is 0. The second kappa shape index (κ2) is 2.94. The number of carboxylic acid groups (broad SMARTS) is 1. The Hall–Kier alpha value is -1.76. The number of aromatic carboxylic acids is 1. The van der Waals surface area contributed by atoms with Crippen LogP contribution in [-0.2, 0) is 0 Å². The number of rotatable bonds is 2. The highest BCUT2D eigenvalue weighted by Crippen LogP contribution is 2.17. The number of hydrogen-bond acceptors (Lipinski definition) is 6. The number of hydrogen-bond donors (Lipinski definition) is 1. The molecule has 0 amide bonds. The van der Waals surface area contributed by atoms with Crippen molar-refractivity contribution in [2.24, 2.45) is 0 Å². The SMILES string of the molecule is O=C(O)c1noc(-c2cnsc2)n1. The fourth-order valence-corrected chi connectivity index (χ4v) is 1.25.